The second kappa shape index (κ2) is 28.2. The Morgan fingerprint density at radius 2 is 1.30 bits per heavy atom. The van der Waals surface area contributed by atoms with E-state index in [1.807, 2.05) is 12.1 Å². The molecule has 458 valence electrons. The molecular weight excluding hydrogens is 1180 g/mol. The highest BCUT2D eigenvalue weighted by Crippen LogP contribution is 2.45. The number of hydrogen-bond acceptors (Lipinski definition) is 14. The number of nitrogens with one attached hydrogen (secondary N) is 4. The maximum Gasteiger partial charge on any atom is 0.315 e. The maximum atomic E-state index is 13.6. The smallest absolute Gasteiger partial charge is 0.315 e. The molecule has 20 nitrogen and oxygen atoms in total. The van der Waals surface area contributed by atoms with Crippen LogP contribution >= 0.6 is 23.2 Å². The van der Waals surface area contributed by atoms with Gasteiger partial charge in [0, 0.05) is 94.3 Å². The molecule has 0 bridgehead atoms. The van der Waals surface area contributed by atoms with Crippen molar-refractivity contribution in [3.63, 3.8) is 0 Å². The summed E-state index contributed by atoms with van der Waals surface area (Å²) >= 11 is 12.9. The predicted molar refractivity (Wildman–Crippen MR) is 325 cm³/mol. The van der Waals surface area contributed by atoms with Crippen molar-refractivity contribution in [1.29, 1.82) is 5.26 Å². The molecule has 4 N–H and O–H groups in total. The fourth-order valence-corrected chi connectivity index (χ4v) is 16.4. The number of nitriles is 1. The number of rotatable bonds is 23. The van der Waals surface area contributed by atoms with E-state index < -0.39 is 38.0 Å². The minimum atomic E-state index is -3.93. The lowest BCUT2D eigenvalue weighted by atomic mass is 10.0. The van der Waals surface area contributed by atoms with E-state index in [2.05, 4.69) is 41.4 Å². The van der Waals surface area contributed by atoms with E-state index in [4.69, 9.17) is 39.2 Å². The predicted octanol–water partition coefficient (Wildman–Crippen LogP) is 7.31. The largest absolute Gasteiger partial charge is 0.484 e. The normalized spacial score (nSPS) is 22.4. The number of piperazine rings is 1. The van der Waals surface area contributed by atoms with Crippen LogP contribution in [0.4, 0.5) is 10.5 Å². The van der Waals surface area contributed by atoms with Gasteiger partial charge in [-0.3, -0.25) is 24.2 Å². The third-order valence-corrected chi connectivity index (χ3v) is 21.4. The van der Waals surface area contributed by atoms with E-state index in [1.165, 1.54) is 18.6 Å². The Hall–Kier alpha value is -6.34. The number of hydrogen-bond donors (Lipinski definition) is 4. The standard InChI is InChI=1S/C62H74Cl2N10O10S2/c1-66-55-33-44(64)32-54-52(55)35-57(71-24-6-3-7-25-71)61(54)84-48-12-16-50(17-13-48)86(81,82)70-45-20-27-74(39-45)58(76)18-9-46(75)8-4-2-5-21-68-62(78)69-37-59(77)73-26-19-41(38-73)40-85(79,80)49-14-10-47(11-15-49)83-60-53-31-43(63)30-42(36-65)51(53)34-56(60)72-28-22-67-23-29-72/h10-17,30-33,41,45,56-57,60-61,67,70H,2-9,18-29,34-35,37-40H2,(H2,68,69,78)/t41-,45-,56-,57-,60-,61-/m0/s1. The van der Waals surface area contributed by atoms with Crippen LogP contribution in [0.15, 0.2) is 82.6 Å². The second-order valence-corrected chi connectivity index (χ2v) is 28.0. The number of carbonyl (C=O) groups is 4. The Kier molecular flexibility index (Phi) is 20.6. The molecule has 4 heterocycles. The first-order valence-corrected chi connectivity index (χ1v) is 33.8. The van der Waals surface area contributed by atoms with Crippen molar-refractivity contribution in [2.75, 3.05) is 84.3 Å². The number of amides is 4. The lowest BCUT2D eigenvalue weighted by Gasteiger charge is -2.36. The van der Waals surface area contributed by atoms with Gasteiger partial charge in [0.25, 0.3) is 0 Å². The molecule has 6 atom stereocenters. The van der Waals surface area contributed by atoms with E-state index in [-0.39, 0.29) is 96.1 Å². The molecule has 0 unspecified atom stereocenters. The molecule has 6 aliphatic rings. The summed E-state index contributed by atoms with van der Waals surface area (Å²) in [5.41, 5.74) is 4.67. The van der Waals surface area contributed by atoms with Crippen LogP contribution in [0.5, 0.6) is 11.5 Å². The molecule has 86 heavy (non-hydrogen) atoms. The Labute approximate surface area is 514 Å². The fraction of sp³-hybridized carbons (Fsp3) is 0.516. The second-order valence-electron chi connectivity index (χ2n) is 23.4. The topological polar surface area (TPSA) is 244 Å². The quantitative estimate of drug-likeness (QED) is 0.0421. The number of nitrogens with zero attached hydrogens (tertiary/aromatic N) is 6. The SMILES string of the molecule is [C-]#[N+]c1cc(Cl)cc2c1C[C@H](N1CCCCC1)[C@H]2Oc1ccc(S(=O)(=O)N[C@H]2CCN(C(=O)CCC(=O)CCCCCNC(=O)NCC(=O)N3CC[C@H](CS(=O)(=O)c4ccc(O[C@H]5c6cc(Cl)cc(C#N)c6C[C@@H]5N5CCNCC5)cc4)C3)C2)cc1. The van der Waals surface area contributed by atoms with Crippen molar-refractivity contribution in [1.82, 2.24) is 40.3 Å². The summed E-state index contributed by atoms with van der Waals surface area (Å²) in [6.07, 6.45) is 7.02. The van der Waals surface area contributed by atoms with E-state index >= 15 is 0 Å². The minimum Gasteiger partial charge on any atom is -0.484 e. The van der Waals surface area contributed by atoms with Gasteiger partial charge in [-0.1, -0.05) is 36.0 Å². The van der Waals surface area contributed by atoms with Crippen LogP contribution in [-0.4, -0.2) is 162 Å². The Bertz CT molecular complexity index is 3230. The summed E-state index contributed by atoms with van der Waals surface area (Å²) in [7, 11) is -7.65. The average Bonchev–Trinajstić information content (AvgIpc) is 1.83. The molecule has 0 radical (unpaired) electrons. The first kappa shape index (κ1) is 62.7. The fourth-order valence-electron chi connectivity index (χ4n) is 13.1. The van der Waals surface area contributed by atoms with Crippen molar-refractivity contribution in [3.8, 4) is 17.6 Å². The molecule has 24 heteroatoms. The first-order chi connectivity index (χ1) is 41.4. The number of sulfonamides is 1. The molecule has 10 rings (SSSR count). The summed E-state index contributed by atoms with van der Waals surface area (Å²) in [6.45, 7) is 14.2. The number of benzene rings is 4. The first-order valence-electron chi connectivity index (χ1n) is 29.9. The van der Waals surface area contributed by atoms with Gasteiger partial charge < -0.3 is 35.2 Å². The van der Waals surface area contributed by atoms with E-state index in [9.17, 15) is 41.3 Å². The zero-order chi connectivity index (χ0) is 60.5. The van der Waals surface area contributed by atoms with Crippen LogP contribution in [-0.2, 0) is 47.1 Å². The highest BCUT2D eigenvalue weighted by molar-refractivity contribution is 7.91. The number of unbranched alkanes of at least 4 members (excludes halogenated alkanes) is 2. The van der Waals surface area contributed by atoms with Crippen LogP contribution in [0.25, 0.3) is 4.85 Å². The van der Waals surface area contributed by atoms with Crippen molar-refractivity contribution in [3.05, 3.63) is 122 Å². The van der Waals surface area contributed by atoms with Gasteiger partial charge in [-0.05, 0) is 165 Å². The van der Waals surface area contributed by atoms with E-state index in [1.54, 1.807) is 58.3 Å². The molecular formula is C62H74Cl2N10O10S2. The molecule has 4 aromatic rings. The number of urea groups is 1. The third kappa shape index (κ3) is 15.3. The monoisotopic (exact) mass is 1250 g/mol. The van der Waals surface area contributed by atoms with Crippen LogP contribution in [0.1, 0.15) is 111 Å². The van der Waals surface area contributed by atoms with Crippen molar-refractivity contribution >= 4 is 72.4 Å². The zero-order valence-corrected chi connectivity index (χ0v) is 51.3. The van der Waals surface area contributed by atoms with E-state index in [0.717, 1.165) is 74.4 Å². The van der Waals surface area contributed by atoms with Gasteiger partial charge in [0.2, 0.25) is 21.8 Å². The number of fused-ring (bicyclic) bond motifs is 2. The number of Topliss-reactive ketones (excluding diaryl/α,β-unsaturated/α-hetero) is 1. The van der Waals surface area contributed by atoms with Crippen LogP contribution in [0, 0.1) is 23.8 Å². The highest BCUT2D eigenvalue weighted by Gasteiger charge is 2.42. The lowest BCUT2D eigenvalue weighted by molar-refractivity contribution is -0.132. The average molecular weight is 1250 g/mol. The van der Waals surface area contributed by atoms with Crippen LogP contribution in [0.2, 0.25) is 10.0 Å². The van der Waals surface area contributed by atoms with Crippen molar-refractivity contribution < 1.29 is 45.5 Å². The molecule has 4 aliphatic heterocycles. The molecule has 4 amide bonds. The van der Waals surface area contributed by atoms with Gasteiger partial charge in [-0.25, -0.2) is 31.2 Å². The molecule has 0 spiro atoms. The maximum absolute atomic E-state index is 13.6. The van der Waals surface area contributed by atoms with Gasteiger partial charge >= 0.3 is 6.03 Å². The lowest BCUT2D eigenvalue weighted by Crippen LogP contribution is -2.50. The van der Waals surface area contributed by atoms with Gasteiger partial charge in [0.05, 0.1) is 52.4 Å². The molecule has 0 aromatic heterocycles. The molecule has 4 saturated heterocycles. The summed E-state index contributed by atoms with van der Waals surface area (Å²) in [4.78, 5) is 63.3. The number of likely N-dealkylation sites (tertiary alicyclic amines) is 3. The third-order valence-electron chi connectivity index (χ3n) is 17.6. The molecule has 4 aromatic carbocycles. The van der Waals surface area contributed by atoms with E-state index in [0.29, 0.717) is 97.4 Å². The van der Waals surface area contributed by atoms with Crippen LogP contribution < -0.4 is 30.1 Å². The van der Waals surface area contributed by atoms with Gasteiger partial charge in [-0.15, -0.1) is 0 Å². The molecule has 4 fully saturated rings. The van der Waals surface area contributed by atoms with Crippen LogP contribution in [0.3, 0.4) is 0 Å². The van der Waals surface area contributed by atoms with Gasteiger partial charge in [0.1, 0.15) is 29.5 Å². The number of piperidine rings is 1. The Morgan fingerprint density at radius 1 is 0.686 bits per heavy atom. The van der Waals surface area contributed by atoms with Crippen molar-refractivity contribution in [2.24, 2.45) is 5.92 Å². The number of sulfone groups is 1. The number of carbonyl (C=O) groups excluding carboxylic acids is 4. The summed E-state index contributed by atoms with van der Waals surface area (Å²) < 4.78 is 70.2. The highest BCUT2D eigenvalue weighted by atomic mass is 35.5. The summed E-state index contributed by atoms with van der Waals surface area (Å²) in [6, 6.07) is 21.1. The van der Waals surface area contributed by atoms with Crippen molar-refractivity contribution in [2.45, 2.75) is 124 Å². The number of ketones is 1. The molecule has 0 saturated carbocycles. The Balaban J connectivity index is 0.582. The Morgan fingerprint density at radius 3 is 1.98 bits per heavy atom. The molecule has 2 aliphatic carbocycles. The summed E-state index contributed by atoms with van der Waals surface area (Å²) in [5, 5.41) is 19.5. The van der Waals surface area contributed by atoms with Gasteiger partial charge in [0.15, 0.2) is 15.5 Å². The number of ether oxygens (including phenoxy) is 2. The summed E-state index contributed by atoms with van der Waals surface area (Å²) in [5.74, 6) is -0.0130. The zero-order valence-electron chi connectivity index (χ0n) is 48.1. The minimum absolute atomic E-state index is 0.0186. The number of halogens is 2. The van der Waals surface area contributed by atoms with Gasteiger partial charge in [-0.2, -0.15) is 5.26 Å².